The molecular weight excluding hydrogens is 308 g/mol. The molecule has 1 atom stereocenters. The zero-order chi connectivity index (χ0) is 12.3. The molecule has 0 amide bonds. The van der Waals surface area contributed by atoms with Gasteiger partial charge < -0.3 is 4.74 Å². The zero-order valence-corrected chi connectivity index (χ0v) is 11.7. The second-order valence-electron chi connectivity index (χ2n) is 4.10. The van der Waals surface area contributed by atoms with Crippen molar-refractivity contribution in [2.75, 3.05) is 25.0 Å². The van der Waals surface area contributed by atoms with Gasteiger partial charge in [-0.1, -0.05) is 39.7 Å². The standard InChI is InChI=1S/C12H14BrClFNO/c13-6-10-8-16(4-5-17-10)7-9-2-1-3-11(14)12(9)15/h1-3,10H,4-8H2. The van der Waals surface area contributed by atoms with Crippen molar-refractivity contribution < 1.29 is 9.13 Å². The average Bonchev–Trinajstić information content (AvgIpc) is 2.35. The van der Waals surface area contributed by atoms with Crippen LogP contribution in [0.1, 0.15) is 5.56 Å². The minimum atomic E-state index is -0.309. The smallest absolute Gasteiger partial charge is 0.146 e. The van der Waals surface area contributed by atoms with Crippen LogP contribution in [0.25, 0.3) is 0 Å². The van der Waals surface area contributed by atoms with E-state index in [4.69, 9.17) is 16.3 Å². The van der Waals surface area contributed by atoms with Crippen molar-refractivity contribution in [1.29, 1.82) is 0 Å². The summed E-state index contributed by atoms with van der Waals surface area (Å²) in [7, 11) is 0. The Morgan fingerprint density at radius 2 is 2.35 bits per heavy atom. The number of rotatable bonds is 3. The quantitative estimate of drug-likeness (QED) is 0.793. The molecule has 1 aromatic rings. The summed E-state index contributed by atoms with van der Waals surface area (Å²) in [6.07, 6.45) is 0.186. The molecule has 17 heavy (non-hydrogen) atoms. The first-order valence-corrected chi connectivity index (χ1v) is 7.03. The van der Waals surface area contributed by atoms with Crippen LogP contribution in [0.2, 0.25) is 5.02 Å². The van der Waals surface area contributed by atoms with Crippen LogP contribution < -0.4 is 0 Å². The fraction of sp³-hybridized carbons (Fsp3) is 0.500. The number of hydrogen-bond acceptors (Lipinski definition) is 2. The number of morpholine rings is 1. The minimum absolute atomic E-state index is 0.186. The Labute approximate surface area is 114 Å². The molecule has 0 N–H and O–H groups in total. The van der Waals surface area contributed by atoms with Crippen molar-refractivity contribution in [3.63, 3.8) is 0 Å². The largest absolute Gasteiger partial charge is 0.375 e. The SMILES string of the molecule is Fc1c(Cl)cccc1CN1CCOC(CBr)C1. The molecule has 1 heterocycles. The Morgan fingerprint density at radius 1 is 1.53 bits per heavy atom. The van der Waals surface area contributed by atoms with Gasteiger partial charge >= 0.3 is 0 Å². The van der Waals surface area contributed by atoms with Crippen LogP contribution >= 0.6 is 27.5 Å². The second kappa shape index (κ2) is 6.14. The molecule has 1 aromatic carbocycles. The van der Waals surface area contributed by atoms with E-state index in [0.29, 0.717) is 18.7 Å². The van der Waals surface area contributed by atoms with Crippen LogP contribution in [-0.2, 0) is 11.3 Å². The van der Waals surface area contributed by atoms with Crippen LogP contribution in [0.4, 0.5) is 4.39 Å². The van der Waals surface area contributed by atoms with E-state index in [1.165, 1.54) is 0 Å². The molecule has 0 radical (unpaired) electrons. The maximum absolute atomic E-state index is 13.7. The Bertz CT molecular complexity index is 391. The third-order valence-corrected chi connectivity index (χ3v) is 3.83. The van der Waals surface area contributed by atoms with Gasteiger partial charge in [0.1, 0.15) is 5.82 Å². The highest BCUT2D eigenvalue weighted by Gasteiger charge is 2.20. The lowest BCUT2D eigenvalue weighted by Crippen LogP contribution is -2.42. The fourth-order valence-corrected chi connectivity index (χ4v) is 2.51. The van der Waals surface area contributed by atoms with Crippen molar-refractivity contribution in [3.05, 3.63) is 34.6 Å². The van der Waals surface area contributed by atoms with Crippen molar-refractivity contribution in [1.82, 2.24) is 4.90 Å². The maximum Gasteiger partial charge on any atom is 0.146 e. The third-order valence-electron chi connectivity index (χ3n) is 2.82. The number of nitrogens with zero attached hydrogens (tertiary/aromatic N) is 1. The molecule has 2 nitrogen and oxygen atoms in total. The van der Waals surface area contributed by atoms with Crippen LogP contribution in [0.5, 0.6) is 0 Å². The van der Waals surface area contributed by atoms with E-state index in [2.05, 4.69) is 20.8 Å². The van der Waals surface area contributed by atoms with E-state index in [1.54, 1.807) is 18.2 Å². The number of hydrogen-bond donors (Lipinski definition) is 0. The van der Waals surface area contributed by atoms with Crippen molar-refractivity contribution in [2.45, 2.75) is 12.6 Å². The van der Waals surface area contributed by atoms with Gasteiger partial charge in [-0.05, 0) is 6.07 Å². The molecule has 1 fully saturated rings. The van der Waals surface area contributed by atoms with Gasteiger partial charge in [-0.15, -0.1) is 0 Å². The maximum atomic E-state index is 13.7. The third kappa shape index (κ3) is 3.41. The van der Waals surface area contributed by atoms with E-state index in [1.807, 2.05) is 0 Å². The molecular formula is C12H14BrClFNO. The van der Waals surface area contributed by atoms with E-state index in [-0.39, 0.29) is 16.9 Å². The van der Waals surface area contributed by atoms with Gasteiger partial charge in [-0.25, -0.2) is 4.39 Å². The van der Waals surface area contributed by atoms with Crippen molar-refractivity contribution in [2.24, 2.45) is 0 Å². The molecule has 1 aliphatic rings. The predicted octanol–water partition coefficient (Wildman–Crippen LogP) is 3.07. The Morgan fingerprint density at radius 3 is 3.12 bits per heavy atom. The summed E-state index contributed by atoms with van der Waals surface area (Å²) in [6.45, 7) is 2.92. The molecule has 0 bridgehead atoms. The van der Waals surface area contributed by atoms with E-state index >= 15 is 0 Å². The molecule has 0 spiro atoms. The normalized spacial score (nSPS) is 21.7. The lowest BCUT2D eigenvalue weighted by molar-refractivity contribution is -0.0184. The van der Waals surface area contributed by atoms with Gasteiger partial charge in [-0.2, -0.15) is 0 Å². The topological polar surface area (TPSA) is 12.5 Å². The summed E-state index contributed by atoms with van der Waals surface area (Å²) in [5.41, 5.74) is 0.646. The molecule has 1 saturated heterocycles. The molecule has 0 saturated carbocycles. The number of halogens is 3. The summed E-state index contributed by atoms with van der Waals surface area (Å²) < 4.78 is 19.3. The summed E-state index contributed by atoms with van der Waals surface area (Å²) in [5, 5.41) is 0.995. The average molecular weight is 323 g/mol. The van der Waals surface area contributed by atoms with Crippen molar-refractivity contribution in [3.8, 4) is 0 Å². The first kappa shape index (κ1) is 13.3. The van der Waals surface area contributed by atoms with Crippen molar-refractivity contribution >= 4 is 27.5 Å². The number of ether oxygens (including phenoxy) is 1. The predicted molar refractivity (Wildman–Crippen MR) is 70.2 cm³/mol. The fourth-order valence-electron chi connectivity index (χ4n) is 1.93. The molecule has 94 valence electrons. The van der Waals surface area contributed by atoms with Crippen LogP contribution in [0.15, 0.2) is 18.2 Å². The van der Waals surface area contributed by atoms with Crippen LogP contribution in [0.3, 0.4) is 0 Å². The molecule has 2 rings (SSSR count). The molecule has 1 unspecified atom stereocenters. The summed E-state index contributed by atoms with van der Waals surface area (Å²) in [5.74, 6) is -0.309. The lowest BCUT2D eigenvalue weighted by atomic mass is 10.2. The first-order valence-electron chi connectivity index (χ1n) is 5.53. The van der Waals surface area contributed by atoms with E-state index < -0.39 is 0 Å². The molecule has 0 aromatic heterocycles. The highest BCUT2D eigenvalue weighted by molar-refractivity contribution is 9.09. The van der Waals surface area contributed by atoms with Crippen LogP contribution in [0, 0.1) is 5.82 Å². The molecule has 1 aliphatic heterocycles. The Balaban J connectivity index is 2.02. The van der Waals surface area contributed by atoms with Gasteiger partial charge in [0.05, 0.1) is 17.7 Å². The van der Waals surface area contributed by atoms with E-state index in [9.17, 15) is 4.39 Å². The first-order chi connectivity index (χ1) is 8.20. The van der Waals surface area contributed by atoms with Gasteiger partial charge in [0.25, 0.3) is 0 Å². The zero-order valence-electron chi connectivity index (χ0n) is 9.33. The second-order valence-corrected chi connectivity index (χ2v) is 5.15. The van der Waals surface area contributed by atoms with Gasteiger partial charge in [0.2, 0.25) is 0 Å². The molecule has 0 aliphatic carbocycles. The number of benzene rings is 1. The van der Waals surface area contributed by atoms with Gasteiger partial charge in [0, 0.05) is 30.5 Å². The molecule has 5 heteroatoms. The Hall–Kier alpha value is -0.160. The lowest BCUT2D eigenvalue weighted by Gasteiger charge is -2.32. The van der Waals surface area contributed by atoms with E-state index in [0.717, 1.165) is 18.4 Å². The number of alkyl halides is 1. The Kier molecular flexibility index (Phi) is 4.79. The highest BCUT2D eigenvalue weighted by atomic mass is 79.9. The minimum Gasteiger partial charge on any atom is -0.375 e. The van der Waals surface area contributed by atoms with Gasteiger partial charge in [0.15, 0.2) is 0 Å². The monoisotopic (exact) mass is 321 g/mol. The van der Waals surface area contributed by atoms with Crippen LogP contribution in [-0.4, -0.2) is 36.0 Å². The summed E-state index contributed by atoms with van der Waals surface area (Å²) in [4.78, 5) is 2.18. The highest BCUT2D eigenvalue weighted by Crippen LogP contribution is 2.20. The summed E-state index contributed by atoms with van der Waals surface area (Å²) in [6, 6.07) is 5.13. The van der Waals surface area contributed by atoms with Gasteiger partial charge in [-0.3, -0.25) is 4.90 Å². The summed E-state index contributed by atoms with van der Waals surface area (Å²) >= 11 is 9.16.